The number of nitrogens with zero attached hydrogens (tertiary/aromatic N) is 2. The lowest BCUT2D eigenvalue weighted by atomic mass is 9.89. The molecule has 3 aromatic rings. The first-order valence-corrected chi connectivity index (χ1v) is 6.15. The van der Waals surface area contributed by atoms with Crippen LogP contribution in [0.15, 0.2) is 39.7 Å². The quantitative estimate of drug-likeness (QED) is 0.578. The molecule has 0 spiro atoms. The molecule has 0 aliphatic carbocycles. The van der Waals surface area contributed by atoms with Gasteiger partial charge in [-0.15, -0.1) is 0 Å². The monoisotopic (exact) mass is 254 g/mol. The van der Waals surface area contributed by atoms with Gasteiger partial charge in [-0.25, -0.2) is 4.79 Å². The highest BCUT2D eigenvalue weighted by atomic mass is 16.4. The van der Waals surface area contributed by atoms with E-state index in [0.29, 0.717) is 5.58 Å². The van der Waals surface area contributed by atoms with Gasteiger partial charge in [0.15, 0.2) is 0 Å². The summed E-state index contributed by atoms with van der Waals surface area (Å²) in [7, 11) is 0. The summed E-state index contributed by atoms with van der Waals surface area (Å²) in [4.78, 5) is 20.0. The molecule has 0 aliphatic heterocycles. The second-order valence-electron chi connectivity index (χ2n) is 5.62. The molecule has 4 heteroatoms. The van der Waals surface area contributed by atoms with Crippen LogP contribution in [0, 0.1) is 0 Å². The van der Waals surface area contributed by atoms with Gasteiger partial charge in [0.25, 0.3) is 0 Å². The first kappa shape index (κ1) is 11.8. The van der Waals surface area contributed by atoms with Crippen LogP contribution in [0.5, 0.6) is 0 Å². The largest absolute Gasteiger partial charge is 0.439 e. The van der Waals surface area contributed by atoms with Gasteiger partial charge in [-0.1, -0.05) is 26.8 Å². The minimum absolute atomic E-state index is 0.226. The predicted molar refractivity (Wildman–Crippen MR) is 74.3 cm³/mol. The van der Waals surface area contributed by atoms with Gasteiger partial charge in [0.2, 0.25) is 0 Å². The summed E-state index contributed by atoms with van der Waals surface area (Å²) < 4.78 is 5.21. The molecule has 0 aliphatic rings. The maximum absolute atomic E-state index is 11.6. The van der Waals surface area contributed by atoms with Crippen molar-refractivity contribution in [2.45, 2.75) is 26.2 Å². The Bertz CT molecular complexity index is 829. The van der Waals surface area contributed by atoms with Crippen LogP contribution in [-0.4, -0.2) is 9.97 Å². The van der Waals surface area contributed by atoms with Crippen molar-refractivity contribution in [2.75, 3.05) is 0 Å². The highest BCUT2D eigenvalue weighted by Gasteiger charge is 2.21. The fourth-order valence-electron chi connectivity index (χ4n) is 2.21. The second kappa shape index (κ2) is 3.88. The summed E-state index contributed by atoms with van der Waals surface area (Å²) in [5.74, 6) is -0.555. The minimum atomic E-state index is -0.555. The molecule has 3 rings (SSSR count). The van der Waals surface area contributed by atoms with E-state index in [0.717, 1.165) is 22.0 Å². The van der Waals surface area contributed by atoms with Gasteiger partial charge in [0, 0.05) is 22.4 Å². The number of hydrogen-bond acceptors (Lipinski definition) is 4. The average molecular weight is 254 g/mol. The zero-order valence-corrected chi connectivity index (χ0v) is 11.1. The van der Waals surface area contributed by atoms with E-state index < -0.39 is 5.76 Å². The third kappa shape index (κ3) is 1.99. The van der Waals surface area contributed by atoms with Crippen LogP contribution in [0.3, 0.4) is 0 Å². The molecule has 0 unspecified atom stereocenters. The van der Waals surface area contributed by atoms with E-state index in [1.165, 1.54) is 0 Å². The molecule has 4 nitrogen and oxygen atoms in total. The maximum atomic E-state index is 11.6. The molecule has 0 saturated carbocycles. The average Bonchev–Trinajstić information content (AvgIpc) is 2.34. The minimum Gasteiger partial charge on any atom is -0.408 e. The second-order valence-corrected chi connectivity index (χ2v) is 5.62. The lowest BCUT2D eigenvalue weighted by molar-refractivity contribution is 0.498. The highest BCUT2D eigenvalue weighted by Crippen LogP contribution is 2.29. The SMILES string of the molecule is CC(C)(C)c1nc(=O)oc2cc3cccnc3cc12. The highest BCUT2D eigenvalue weighted by molar-refractivity contribution is 5.94. The lowest BCUT2D eigenvalue weighted by Gasteiger charge is -2.18. The molecule has 0 bridgehead atoms. The standard InChI is InChI=1S/C15H14N2O2/c1-15(2,3)13-10-8-11-9(5-4-6-16-11)7-12(10)19-14(18)17-13/h4-8H,1-3H3. The fourth-order valence-corrected chi connectivity index (χ4v) is 2.21. The topological polar surface area (TPSA) is 56.0 Å². The van der Waals surface area contributed by atoms with Crippen molar-refractivity contribution in [3.63, 3.8) is 0 Å². The van der Waals surface area contributed by atoms with Crippen LogP contribution in [0.1, 0.15) is 26.5 Å². The molecular weight excluding hydrogens is 240 g/mol. The van der Waals surface area contributed by atoms with Gasteiger partial charge in [-0.05, 0) is 18.2 Å². The zero-order chi connectivity index (χ0) is 13.6. The normalized spacial score (nSPS) is 12.2. The smallest absolute Gasteiger partial charge is 0.408 e. The Balaban J connectivity index is 2.50. The third-order valence-corrected chi connectivity index (χ3v) is 3.07. The van der Waals surface area contributed by atoms with E-state index in [1.807, 2.05) is 45.0 Å². The van der Waals surface area contributed by atoms with E-state index in [4.69, 9.17) is 4.42 Å². The first-order valence-electron chi connectivity index (χ1n) is 6.15. The van der Waals surface area contributed by atoms with Crippen molar-refractivity contribution in [3.05, 3.63) is 46.7 Å². The molecule has 0 saturated heterocycles. The molecule has 19 heavy (non-hydrogen) atoms. The van der Waals surface area contributed by atoms with Gasteiger partial charge in [0.05, 0.1) is 11.2 Å². The van der Waals surface area contributed by atoms with Crippen LogP contribution in [-0.2, 0) is 5.41 Å². The Kier molecular flexibility index (Phi) is 2.42. The van der Waals surface area contributed by atoms with Crippen LogP contribution in [0.4, 0.5) is 0 Å². The third-order valence-electron chi connectivity index (χ3n) is 3.07. The molecule has 2 aromatic heterocycles. The summed E-state index contributed by atoms with van der Waals surface area (Å²) in [6, 6.07) is 7.58. The van der Waals surface area contributed by atoms with Gasteiger partial charge >= 0.3 is 5.76 Å². The Morgan fingerprint density at radius 1 is 1.21 bits per heavy atom. The summed E-state index contributed by atoms with van der Waals surface area (Å²) in [5.41, 5.74) is 1.95. The summed E-state index contributed by atoms with van der Waals surface area (Å²) in [6.45, 7) is 6.07. The molecule has 0 fully saturated rings. The first-order chi connectivity index (χ1) is 8.95. The van der Waals surface area contributed by atoms with E-state index in [2.05, 4.69) is 9.97 Å². The number of aromatic nitrogens is 2. The molecular formula is C15H14N2O2. The van der Waals surface area contributed by atoms with Crippen LogP contribution in [0.2, 0.25) is 0 Å². The van der Waals surface area contributed by atoms with E-state index in [9.17, 15) is 4.79 Å². The summed E-state index contributed by atoms with van der Waals surface area (Å²) >= 11 is 0. The molecule has 0 amide bonds. The van der Waals surface area contributed by atoms with Crippen molar-refractivity contribution in [3.8, 4) is 0 Å². The van der Waals surface area contributed by atoms with Crippen molar-refractivity contribution >= 4 is 21.9 Å². The van der Waals surface area contributed by atoms with Crippen molar-refractivity contribution < 1.29 is 4.42 Å². The van der Waals surface area contributed by atoms with Crippen LogP contribution < -0.4 is 5.76 Å². The Morgan fingerprint density at radius 2 is 2.00 bits per heavy atom. The van der Waals surface area contributed by atoms with Gasteiger partial charge in [-0.2, -0.15) is 4.98 Å². The van der Waals surface area contributed by atoms with Crippen molar-refractivity contribution in [2.24, 2.45) is 0 Å². The molecule has 2 heterocycles. The Morgan fingerprint density at radius 3 is 2.74 bits per heavy atom. The summed E-state index contributed by atoms with van der Waals surface area (Å²) in [6.07, 6.45) is 1.75. The zero-order valence-electron chi connectivity index (χ0n) is 11.1. The Hall–Kier alpha value is -2.23. The van der Waals surface area contributed by atoms with E-state index in [-0.39, 0.29) is 5.41 Å². The van der Waals surface area contributed by atoms with Gasteiger partial charge in [0.1, 0.15) is 5.58 Å². The molecule has 1 aromatic carbocycles. The van der Waals surface area contributed by atoms with Crippen LogP contribution >= 0.6 is 0 Å². The van der Waals surface area contributed by atoms with Gasteiger partial charge < -0.3 is 4.42 Å². The molecule has 0 atom stereocenters. The maximum Gasteiger partial charge on any atom is 0.439 e. The van der Waals surface area contributed by atoms with Gasteiger partial charge in [-0.3, -0.25) is 4.98 Å². The number of pyridine rings is 1. The number of benzene rings is 1. The molecule has 96 valence electrons. The number of hydrogen-bond donors (Lipinski definition) is 0. The molecule has 0 radical (unpaired) electrons. The van der Waals surface area contributed by atoms with Crippen LogP contribution in [0.25, 0.3) is 21.9 Å². The van der Waals surface area contributed by atoms with E-state index >= 15 is 0 Å². The van der Waals surface area contributed by atoms with E-state index in [1.54, 1.807) is 6.20 Å². The Labute approximate surface area is 110 Å². The number of fused-ring (bicyclic) bond motifs is 2. The fraction of sp³-hybridized carbons (Fsp3) is 0.267. The lowest BCUT2D eigenvalue weighted by Crippen LogP contribution is -2.19. The van der Waals surface area contributed by atoms with Crippen molar-refractivity contribution in [1.29, 1.82) is 0 Å². The predicted octanol–water partition coefficient (Wildman–Crippen LogP) is 3.03. The molecule has 0 N–H and O–H groups in total. The number of rotatable bonds is 0. The van der Waals surface area contributed by atoms with Crippen molar-refractivity contribution in [1.82, 2.24) is 9.97 Å². The summed E-state index contributed by atoms with van der Waals surface area (Å²) in [5, 5.41) is 1.79.